The molecule has 1 saturated heterocycles. The van der Waals surface area contributed by atoms with Crippen LogP contribution in [0.25, 0.3) is 17.2 Å². The number of non-ortho nitro benzene ring substituents is 1. The number of amides is 4. The number of carbonyl (C=O) groups is 4. The Kier molecular flexibility index (Phi) is 10.8. The Morgan fingerprint density at radius 1 is 0.918 bits per heavy atom. The molecule has 250 valence electrons. The number of hydrogen-bond donors (Lipinski definition) is 2. The minimum absolute atomic E-state index is 0.110. The molecular formula is C34H27BrN4O8S2. The molecule has 0 spiro atoms. The van der Waals surface area contributed by atoms with Gasteiger partial charge in [0, 0.05) is 23.0 Å². The van der Waals surface area contributed by atoms with Gasteiger partial charge in [-0.05, 0) is 71.3 Å². The van der Waals surface area contributed by atoms with E-state index in [-0.39, 0.29) is 17.0 Å². The number of nitro benzene ring substituents is 1. The number of rotatable bonds is 11. The third kappa shape index (κ3) is 8.87. The Morgan fingerprint density at radius 2 is 1.51 bits per heavy atom. The Balaban J connectivity index is 1.28. The number of benzene rings is 4. The van der Waals surface area contributed by atoms with Crippen molar-refractivity contribution in [1.82, 2.24) is 14.9 Å². The monoisotopic (exact) mass is 762 g/mol. The van der Waals surface area contributed by atoms with Crippen LogP contribution in [0.5, 0.6) is 0 Å². The summed E-state index contributed by atoms with van der Waals surface area (Å²) in [7, 11) is -4.49. The van der Waals surface area contributed by atoms with Crippen molar-refractivity contribution < 1.29 is 32.5 Å². The number of aryl methyl sites for hydroxylation is 1. The standard InChI is InChI=1S/C34H27BrN4O8S2/c1-21-2-8-24(9-3-21)25-10-4-23(5-11-25)19-30-33(42)38(34(43)48-30)20-31(40)36-29(18-22-6-12-26(35)13-7-22)32(41)37-49(46,47)28-16-14-27(15-17-28)39(44)45/h2-17,19,29H,18,20H2,1H3,(H,36,40)(H,37,41)/t29-/m0/s1. The lowest BCUT2D eigenvalue weighted by molar-refractivity contribution is -0.384. The molecule has 1 heterocycles. The molecule has 4 amide bonds. The minimum atomic E-state index is -4.49. The van der Waals surface area contributed by atoms with Crippen molar-refractivity contribution in [3.63, 3.8) is 0 Å². The van der Waals surface area contributed by atoms with Crippen molar-refractivity contribution in [3.8, 4) is 11.1 Å². The van der Waals surface area contributed by atoms with Crippen LogP contribution in [0.4, 0.5) is 10.5 Å². The fraction of sp³-hybridized carbons (Fsp3) is 0.118. The van der Waals surface area contributed by atoms with Gasteiger partial charge in [-0.1, -0.05) is 82.2 Å². The molecule has 0 aliphatic carbocycles. The molecule has 0 bridgehead atoms. The zero-order valence-corrected chi connectivity index (χ0v) is 28.9. The normalized spacial score (nSPS) is 14.5. The van der Waals surface area contributed by atoms with Crippen LogP contribution in [-0.4, -0.2) is 53.8 Å². The van der Waals surface area contributed by atoms with Gasteiger partial charge in [0.25, 0.3) is 32.8 Å². The summed E-state index contributed by atoms with van der Waals surface area (Å²) in [6.07, 6.45) is 1.41. The quantitative estimate of drug-likeness (QED) is 0.112. The highest BCUT2D eigenvalue weighted by atomic mass is 79.9. The molecule has 49 heavy (non-hydrogen) atoms. The maximum absolute atomic E-state index is 13.3. The summed E-state index contributed by atoms with van der Waals surface area (Å²) in [5.74, 6) is -2.67. The van der Waals surface area contributed by atoms with E-state index in [4.69, 9.17) is 0 Å². The molecule has 0 saturated carbocycles. The van der Waals surface area contributed by atoms with Crippen molar-refractivity contribution in [2.24, 2.45) is 0 Å². The van der Waals surface area contributed by atoms with Gasteiger partial charge in [0.05, 0.1) is 14.7 Å². The average Bonchev–Trinajstić information content (AvgIpc) is 3.33. The smallest absolute Gasteiger partial charge is 0.294 e. The summed E-state index contributed by atoms with van der Waals surface area (Å²) in [5, 5.41) is 12.7. The maximum Gasteiger partial charge on any atom is 0.294 e. The van der Waals surface area contributed by atoms with Crippen molar-refractivity contribution in [2.75, 3.05) is 6.54 Å². The Bertz CT molecular complexity index is 2070. The van der Waals surface area contributed by atoms with E-state index in [1.807, 2.05) is 60.2 Å². The lowest BCUT2D eigenvalue weighted by atomic mass is 10.0. The van der Waals surface area contributed by atoms with Gasteiger partial charge in [0.1, 0.15) is 12.6 Å². The van der Waals surface area contributed by atoms with Gasteiger partial charge in [-0.15, -0.1) is 0 Å². The molecule has 4 aromatic carbocycles. The molecule has 0 unspecified atom stereocenters. The number of carbonyl (C=O) groups excluding carboxylic acids is 4. The number of nitrogens with one attached hydrogen (secondary N) is 2. The molecule has 15 heteroatoms. The van der Waals surface area contributed by atoms with Crippen LogP contribution in [0.1, 0.15) is 16.7 Å². The first-order valence-electron chi connectivity index (χ1n) is 14.6. The van der Waals surface area contributed by atoms with Crippen LogP contribution < -0.4 is 10.0 Å². The largest absolute Gasteiger partial charge is 0.342 e. The summed E-state index contributed by atoms with van der Waals surface area (Å²) in [6.45, 7) is 1.29. The van der Waals surface area contributed by atoms with Gasteiger partial charge in [-0.25, -0.2) is 13.1 Å². The zero-order valence-electron chi connectivity index (χ0n) is 25.7. The van der Waals surface area contributed by atoms with Gasteiger partial charge in [0.15, 0.2) is 0 Å². The van der Waals surface area contributed by atoms with Crippen LogP contribution in [0, 0.1) is 17.0 Å². The number of halogens is 1. The second kappa shape index (κ2) is 15.0. The van der Waals surface area contributed by atoms with E-state index in [2.05, 4.69) is 21.2 Å². The second-order valence-corrected chi connectivity index (χ2v) is 14.5. The van der Waals surface area contributed by atoms with E-state index >= 15 is 0 Å². The van der Waals surface area contributed by atoms with Gasteiger partial charge in [-0.3, -0.25) is 34.2 Å². The SMILES string of the molecule is Cc1ccc(-c2ccc(C=C3SC(=O)N(CC(=O)N[C@@H](Cc4ccc(Br)cc4)C(=O)NS(=O)(=O)c4ccc([N+](=O)[O-])cc4)C3=O)cc2)cc1. The van der Waals surface area contributed by atoms with Gasteiger partial charge in [0.2, 0.25) is 5.91 Å². The van der Waals surface area contributed by atoms with Gasteiger partial charge < -0.3 is 5.32 Å². The van der Waals surface area contributed by atoms with E-state index in [1.54, 1.807) is 30.3 Å². The lowest BCUT2D eigenvalue weighted by Crippen LogP contribution is -2.52. The van der Waals surface area contributed by atoms with Crippen molar-refractivity contribution in [1.29, 1.82) is 0 Å². The van der Waals surface area contributed by atoms with Crippen molar-refractivity contribution in [2.45, 2.75) is 24.3 Å². The van der Waals surface area contributed by atoms with E-state index < -0.39 is 55.4 Å². The number of thioether (sulfide) groups is 1. The van der Waals surface area contributed by atoms with E-state index in [0.717, 1.165) is 50.3 Å². The highest BCUT2D eigenvalue weighted by Gasteiger charge is 2.37. The first-order valence-corrected chi connectivity index (χ1v) is 17.7. The first kappa shape index (κ1) is 35.2. The molecular weight excluding hydrogens is 736 g/mol. The lowest BCUT2D eigenvalue weighted by Gasteiger charge is -2.20. The highest BCUT2D eigenvalue weighted by molar-refractivity contribution is 9.10. The first-order chi connectivity index (χ1) is 23.3. The fourth-order valence-electron chi connectivity index (χ4n) is 4.76. The third-order valence-corrected chi connectivity index (χ3v) is 10.2. The second-order valence-electron chi connectivity index (χ2n) is 10.9. The highest BCUT2D eigenvalue weighted by Crippen LogP contribution is 2.32. The number of imide groups is 1. The molecule has 12 nitrogen and oxygen atoms in total. The summed E-state index contributed by atoms with van der Waals surface area (Å²) < 4.78 is 28.5. The third-order valence-electron chi connectivity index (χ3n) is 7.37. The van der Waals surface area contributed by atoms with E-state index in [9.17, 15) is 37.7 Å². The van der Waals surface area contributed by atoms with E-state index in [1.165, 1.54) is 0 Å². The van der Waals surface area contributed by atoms with Gasteiger partial charge in [-0.2, -0.15) is 0 Å². The molecule has 5 rings (SSSR count). The number of nitro groups is 1. The number of hydrogen-bond acceptors (Lipinski definition) is 9. The Labute approximate surface area is 293 Å². The summed E-state index contributed by atoms with van der Waals surface area (Å²) in [6, 6.07) is 24.6. The summed E-state index contributed by atoms with van der Waals surface area (Å²) in [5.41, 5.74) is 4.04. The van der Waals surface area contributed by atoms with Crippen molar-refractivity contribution >= 4 is 72.4 Å². The minimum Gasteiger partial charge on any atom is -0.342 e. The topological polar surface area (TPSA) is 173 Å². The Hall–Kier alpha value is -5.12. The van der Waals surface area contributed by atoms with Crippen LogP contribution in [0.2, 0.25) is 0 Å². The maximum atomic E-state index is 13.3. The molecule has 1 aliphatic heterocycles. The average molecular weight is 764 g/mol. The fourth-order valence-corrected chi connectivity index (χ4v) is 6.89. The van der Waals surface area contributed by atoms with Crippen LogP contribution in [0.3, 0.4) is 0 Å². The predicted octanol–water partition coefficient (Wildman–Crippen LogP) is 5.60. The van der Waals surface area contributed by atoms with Crippen LogP contribution in [-0.2, 0) is 30.8 Å². The number of sulfonamides is 1. The Morgan fingerprint density at radius 3 is 2.10 bits per heavy atom. The predicted molar refractivity (Wildman–Crippen MR) is 187 cm³/mol. The molecule has 1 fully saturated rings. The van der Waals surface area contributed by atoms with Crippen molar-refractivity contribution in [3.05, 3.63) is 133 Å². The molecule has 0 aromatic heterocycles. The molecule has 2 N–H and O–H groups in total. The van der Waals surface area contributed by atoms with Gasteiger partial charge >= 0.3 is 0 Å². The summed E-state index contributed by atoms with van der Waals surface area (Å²) in [4.78, 5) is 63.1. The zero-order chi connectivity index (χ0) is 35.3. The van der Waals surface area contributed by atoms with Crippen LogP contribution in [0.15, 0.2) is 111 Å². The molecule has 1 aliphatic rings. The molecule has 0 radical (unpaired) electrons. The number of nitrogens with zero attached hydrogens (tertiary/aromatic N) is 2. The van der Waals surface area contributed by atoms with E-state index in [0.29, 0.717) is 22.9 Å². The summed E-state index contributed by atoms with van der Waals surface area (Å²) >= 11 is 3.99. The van der Waals surface area contributed by atoms with Crippen LogP contribution >= 0.6 is 27.7 Å². The molecule has 4 aromatic rings. The molecule has 1 atom stereocenters.